The van der Waals surface area contributed by atoms with E-state index in [0.717, 1.165) is 0 Å². The largest absolute Gasteiger partial charge is 0.480 e. The van der Waals surface area contributed by atoms with Gasteiger partial charge in [0.15, 0.2) is 0 Å². The summed E-state index contributed by atoms with van der Waals surface area (Å²) < 4.78 is -0.527. The summed E-state index contributed by atoms with van der Waals surface area (Å²) in [7, 11) is 0. The number of aliphatic carboxylic acids is 1. The SMILES string of the molecule is N[C@H](CSC1(c2cccc3ccccc23)c2ccccc2-c2ccccc21)C(=O)O. The van der Waals surface area contributed by atoms with E-state index in [1.807, 2.05) is 6.07 Å². The summed E-state index contributed by atoms with van der Waals surface area (Å²) in [4.78, 5) is 11.5. The van der Waals surface area contributed by atoms with Crippen LogP contribution in [-0.2, 0) is 9.54 Å². The zero-order valence-corrected chi connectivity index (χ0v) is 17.1. The number of fused-ring (bicyclic) bond motifs is 4. The standard InChI is InChI=1S/C26H21NO2S/c27-24(25(28)29)16-30-26(21-15-7-9-17-8-1-2-10-18(17)21)22-13-5-3-11-19(22)20-12-4-6-14-23(20)26/h1-15,24H,16,27H2,(H,28,29)/t24-/m1/s1. The van der Waals surface area contributed by atoms with E-state index in [4.69, 9.17) is 5.73 Å². The Hall–Kier alpha value is -3.08. The number of rotatable bonds is 5. The predicted molar refractivity (Wildman–Crippen MR) is 124 cm³/mol. The van der Waals surface area contributed by atoms with Gasteiger partial charge in [0.25, 0.3) is 0 Å². The summed E-state index contributed by atoms with van der Waals surface area (Å²) in [5.74, 6) is -0.670. The monoisotopic (exact) mass is 411 g/mol. The molecule has 148 valence electrons. The molecule has 5 rings (SSSR count). The topological polar surface area (TPSA) is 63.3 Å². The fraction of sp³-hybridized carbons (Fsp3) is 0.115. The van der Waals surface area contributed by atoms with Gasteiger partial charge in [-0.25, -0.2) is 0 Å². The highest BCUT2D eigenvalue weighted by Gasteiger charge is 2.46. The lowest BCUT2D eigenvalue weighted by Gasteiger charge is -2.34. The van der Waals surface area contributed by atoms with Crippen LogP contribution in [0.15, 0.2) is 91.0 Å². The lowest BCUT2D eigenvalue weighted by molar-refractivity contribution is -0.137. The maximum atomic E-state index is 11.5. The molecule has 0 heterocycles. The fourth-order valence-corrected chi connectivity index (χ4v) is 6.11. The number of benzene rings is 4. The number of hydrogen-bond donors (Lipinski definition) is 2. The van der Waals surface area contributed by atoms with E-state index in [1.54, 1.807) is 11.8 Å². The zero-order valence-electron chi connectivity index (χ0n) is 16.3. The summed E-state index contributed by atoms with van der Waals surface area (Å²) in [5.41, 5.74) is 11.9. The predicted octanol–water partition coefficient (Wildman–Crippen LogP) is 5.26. The Morgan fingerprint density at radius 1 is 0.800 bits per heavy atom. The number of thioether (sulfide) groups is 1. The van der Waals surface area contributed by atoms with Crippen molar-refractivity contribution in [1.29, 1.82) is 0 Å². The third-order valence-corrected chi connectivity index (χ3v) is 7.49. The van der Waals surface area contributed by atoms with E-state index in [-0.39, 0.29) is 0 Å². The molecule has 0 aliphatic heterocycles. The molecule has 0 saturated carbocycles. The molecule has 0 bridgehead atoms. The Morgan fingerprint density at radius 2 is 1.33 bits per heavy atom. The van der Waals surface area contributed by atoms with Crippen LogP contribution in [0.3, 0.4) is 0 Å². The highest BCUT2D eigenvalue weighted by molar-refractivity contribution is 8.00. The minimum atomic E-state index is -0.977. The highest BCUT2D eigenvalue weighted by atomic mass is 32.2. The Bertz CT molecular complexity index is 1220. The highest BCUT2D eigenvalue weighted by Crippen LogP contribution is 2.59. The van der Waals surface area contributed by atoms with Gasteiger partial charge in [0.05, 0.1) is 4.75 Å². The molecular weight excluding hydrogens is 390 g/mol. The van der Waals surface area contributed by atoms with Gasteiger partial charge in [-0.05, 0) is 38.6 Å². The number of carbonyl (C=O) groups is 1. The van der Waals surface area contributed by atoms with Crippen molar-refractivity contribution in [2.75, 3.05) is 5.75 Å². The van der Waals surface area contributed by atoms with Gasteiger partial charge in [0.1, 0.15) is 6.04 Å². The molecule has 4 aromatic rings. The van der Waals surface area contributed by atoms with Gasteiger partial charge in [-0.1, -0.05) is 91.0 Å². The second kappa shape index (κ2) is 7.31. The van der Waals surface area contributed by atoms with Crippen LogP contribution >= 0.6 is 11.8 Å². The molecule has 0 spiro atoms. The van der Waals surface area contributed by atoms with Crippen LogP contribution in [0.1, 0.15) is 16.7 Å². The van der Waals surface area contributed by atoms with Crippen LogP contribution in [0, 0.1) is 0 Å². The molecule has 4 heteroatoms. The Balaban J connectivity index is 1.84. The van der Waals surface area contributed by atoms with E-state index >= 15 is 0 Å². The molecule has 1 aliphatic carbocycles. The lowest BCUT2D eigenvalue weighted by atomic mass is 9.85. The Labute approximate surface area is 179 Å². The minimum Gasteiger partial charge on any atom is -0.480 e. The van der Waals surface area contributed by atoms with Gasteiger partial charge in [0, 0.05) is 5.75 Å². The van der Waals surface area contributed by atoms with Crippen molar-refractivity contribution in [1.82, 2.24) is 0 Å². The quantitative estimate of drug-likeness (QED) is 0.470. The third-order valence-electron chi connectivity index (χ3n) is 5.87. The van der Waals surface area contributed by atoms with E-state index in [9.17, 15) is 9.90 Å². The van der Waals surface area contributed by atoms with E-state index < -0.39 is 16.8 Å². The number of carboxylic acids is 1. The summed E-state index contributed by atoms with van der Waals surface area (Å²) in [5, 5.41) is 11.8. The summed E-state index contributed by atoms with van der Waals surface area (Å²) in [6, 6.07) is 30.7. The third kappa shape index (κ3) is 2.76. The van der Waals surface area contributed by atoms with Crippen molar-refractivity contribution >= 4 is 28.5 Å². The summed E-state index contributed by atoms with van der Waals surface area (Å²) in [6.45, 7) is 0. The molecule has 0 aromatic heterocycles. The first-order valence-electron chi connectivity index (χ1n) is 9.93. The molecule has 0 amide bonds. The molecule has 0 fully saturated rings. The van der Waals surface area contributed by atoms with Crippen molar-refractivity contribution in [3.8, 4) is 11.1 Å². The molecule has 30 heavy (non-hydrogen) atoms. The van der Waals surface area contributed by atoms with Crippen molar-refractivity contribution in [2.24, 2.45) is 5.73 Å². The van der Waals surface area contributed by atoms with Crippen LogP contribution in [-0.4, -0.2) is 22.9 Å². The summed E-state index contributed by atoms with van der Waals surface area (Å²) >= 11 is 1.62. The molecular formula is C26H21NO2S. The van der Waals surface area contributed by atoms with Crippen LogP contribution in [0.2, 0.25) is 0 Å². The smallest absolute Gasteiger partial charge is 0.321 e. The van der Waals surface area contributed by atoms with Crippen LogP contribution in [0.4, 0.5) is 0 Å². The summed E-state index contributed by atoms with van der Waals surface area (Å²) in [6.07, 6.45) is 0. The number of carboxylic acid groups (broad SMARTS) is 1. The first-order valence-corrected chi connectivity index (χ1v) is 10.9. The molecule has 1 atom stereocenters. The molecule has 3 N–H and O–H groups in total. The second-order valence-corrected chi connectivity index (χ2v) is 8.79. The van der Waals surface area contributed by atoms with E-state index in [2.05, 4.69) is 84.9 Å². The average molecular weight is 412 g/mol. The molecule has 4 aromatic carbocycles. The maximum Gasteiger partial charge on any atom is 0.321 e. The van der Waals surface area contributed by atoms with Gasteiger partial charge in [-0.3, -0.25) is 4.79 Å². The molecule has 0 saturated heterocycles. The number of hydrogen-bond acceptors (Lipinski definition) is 3. The fourth-order valence-electron chi connectivity index (χ4n) is 4.54. The average Bonchev–Trinajstić information content (AvgIpc) is 3.08. The maximum absolute atomic E-state index is 11.5. The van der Waals surface area contributed by atoms with Crippen LogP contribution < -0.4 is 5.73 Å². The van der Waals surface area contributed by atoms with E-state index in [0.29, 0.717) is 5.75 Å². The molecule has 0 radical (unpaired) electrons. The van der Waals surface area contributed by atoms with Gasteiger partial charge >= 0.3 is 5.97 Å². The minimum absolute atomic E-state index is 0.307. The van der Waals surface area contributed by atoms with Gasteiger partial charge in [-0.2, -0.15) is 0 Å². The number of nitrogens with two attached hydrogens (primary N) is 1. The Morgan fingerprint density at radius 3 is 2.00 bits per heavy atom. The van der Waals surface area contributed by atoms with Gasteiger partial charge in [0.2, 0.25) is 0 Å². The second-order valence-electron chi connectivity index (χ2n) is 7.55. The van der Waals surface area contributed by atoms with Gasteiger partial charge < -0.3 is 10.8 Å². The molecule has 0 unspecified atom stereocenters. The van der Waals surface area contributed by atoms with Crippen LogP contribution in [0.25, 0.3) is 21.9 Å². The van der Waals surface area contributed by atoms with Crippen molar-refractivity contribution in [3.05, 3.63) is 108 Å². The van der Waals surface area contributed by atoms with Crippen molar-refractivity contribution in [2.45, 2.75) is 10.8 Å². The van der Waals surface area contributed by atoms with Crippen LogP contribution in [0.5, 0.6) is 0 Å². The first-order chi connectivity index (χ1) is 14.6. The van der Waals surface area contributed by atoms with Crippen molar-refractivity contribution in [3.63, 3.8) is 0 Å². The van der Waals surface area contributed by atoms with Gasteiger partial charge in [-0.15, -0.1) is 11.8 Å². The van der Waals surface area contributed by atoms with E-state index in [1.165, 1.54) is 38.6 Å². The van der Waals surface area contributed by atoms with Crippen molar-refractivity contribution < 1.29 is 9.90 Å². The first kappa shape index (κ1) is 18.9. The molecule has 3 nitrogen and oxygen atoms in total. The molecule has 1 aliphatic rings. The Kier molecular flexibility index (Phi) is 4.61. The zero-order chi connectivity index (χ0) is 20.7. The normalized spacial score (nSPS) is 14.8. The lowest BCUT2D eigenvalue weighted by Crippen LogP contribution is -2.35.